The number of phenols is 3. The second kappa shape index (κ2) is 8.70. The molecule has 0 saturated heterocycles. The van der Waals surface area contributed by atoms with E-state index in [2.05, 4.69) is 29.2 Å². The summed E-state index contributed by atoms with van der Waals surface area (Å²) in [6.07, 6.45) is 3.56. The number of benzene rings is 4. The van der Waals surface area contributed by atoms with E-state index in [9.17, 15) is 20.1 Å². The third-order valence-electron chi connectivity index (χ3n) is 8.25. The van der Waals surface area contributed by atoms with Crippen LogP contribution in [0.2, 0.25) is 0 Å². The van der Waals surface area contributed by atoms with Gasteiger partial charge in [-0.2, -0.15) is 6.20 Å². The van der Waals surface area contributed by atoms with E-state index in [4.69, 9.17) is 9.47 Å². The van der Waals surface area contributed by atoms with Crippen molar-refractivity contribution in [2.75, 3.05) is 7.11 Å². The molecule has 2 atom stereocenters. The van der Waals surface area contributed by atoms with Gasteiger partial charge in [0.2, 0.25) is 5.75 Å². The molecule has 5 aromatic rings. The Bertz CT molecular complexity index is 1790. The van der Waals surface area contributed by atoms with E-state index in [-0.39, 0.29) is 52.4 Å². The lowest BCUT2D eigenvalue weighted by Crippen LogP contribution is -2.23. The maximum atomic E-state index is 11.3. The van der Waals surface area contributed by atoms with Crippen molar-refractivity contribution in [1.82, 2.24) is 4.98 Å². The van der Waals surface area contributed by atoms with Gasteiger partial charge in [-0.1, -0.05) is 42.5 Å². The average molecular weight is 522 g/mol. The number of ketones is 1. The Balaban J connectivity index is 1.36. The predicted molar refractivity (Wildman–Crippen MR) is 148 cm³/mol. The number of methoxy groups -OCH3 is 1. The molecule has 7 nitrogen and oxygen atoms in total. The van der Waals surface area contributed by atoms with Crippen molar-refractivity contribution < 1.29 is 29.6 Å². The number of ether oxygens (including phenoxy) is 2. The topological polar surface area (TPSA) is 115 Å². The zero-order valence-corrected chi connectivity index (χ0v) is 21.3. The first-order valence-corrected chi connectivity index (χ1v) is 13.1. The van der Waals surface area contributed by atoms with Crippen LogP contribution < -0.4 is 14.5 Å². The van der Waals surface area contributed by atoms with Gasteiger partial charge in [0.25, 0.3) is 0 Å². The summed E-state index contributed by atoms with van der Waals surface area (Å²) in [5, 5.41) is 35.5. The van der Waals surface area contributed by atoms with Crippen molar-refractivity contribution >= 4 is 27.5 Å². The molecule has 0 spiro atoms. The summed E-state index contributed by atoms with van der Waals surface area (Å²) in [6, 6.07) is 17.2. The molecule has 0 radical (unpaired) electrons. The summed E-state index contributed by atoms with van der Waals surface area (Å²) >= 11 is 0. The van der Waals surface area contributed by atoms with Crippen molar-refractivity contribution in [3.05, 3.63) is 88.6 Å². The van der Waals surface area contributed by atoms with Crippen LogP contribution in [0.5, 0.6) is 28.7 Å². The first kappa shape index (κ1) is 23.5. The van der Waals surface area contributed by atoms with Crippen LogP contribution in [0.4, 0.5) is 0 Å². The molecule has 1 aliphatic heterocycles. The van der Waals surface area contributed by atoms with Gasteiger partial charge in [-0.05, 0) is 70.2 Å². The molecular formula is C32H27NO6. The molecule has 1 aromatic heterocycles. The largest absolute Gasteiger partial charge is 0.664 e. The van der Waals surface area contributed by atoms with Gasteiger partial charge in [0.15, 0.2) is 17.1 Å². The van der Waals surface area contributed by atoms with Gasteiger partial charge in [0.05, 0.1) is 7.11 Å². The number of hydrogen-bond donors (Lipinski definition) is 3. The van der Waals surface area contributed by atoms with E-state index < -0.39 is 6.10 Å². The maximum absolute atomic E-state index is 11.3. The van der Waals surface area contributed by atoms with Gasteiger partial charge >= 0.3 is 5.78 Å². The van der Waals surface area contributed by atoms with Crippen LogP contribution in [0.25, 0.3) is 21.7 Å². The number of rotatable bonds is 4. The number of carbonyl (C=O) groups excluding carboxylic acids is 1. The monoisotopic (exact) mass is 521 g/mol. The Kier molecular flexibility index (Phi) is 5.23. The zero-order valence-electron chi connectivity index (χ0n) is 21.3. The predicted octanol–water partition coefficient (Wildman–Crippen LogP) is 5.76. The fourth-order valence-electron chi connectivity index (χ4n) is 6.41. The highest BCUT2D eigenvalue weighted by atomic mass is 16.5. The Morgan fingerprint density at radius 1 is 1.03 bits per heavy atom. The number of aromatic hydroxyl groups is 3. The van der Waals surface area contributed by atoms with E-state index in [1.54, 1.807) is 24.3 Å². The van der Waals surface area contributed by atoms with Gasteiger partial charge < -0.3 is 29.8 Å². The minimum atomic E-state index is -0.558. The van der Waals surface area contributed by atoms with Crippen LogP contribution in [0.1, 0.15) is 52.7 Å². The molecule has 2 heterocycles. The van der Waals surface area contributed by atoms with Crippen molar-refractivity contribution in [1.29, 1.82) is 0 Å². The first-order chi connectivity index (χ1) is 18.9. The number of hydrogen-bond acceptors (Lipinski definition) is 5. The van der Waals surface area contributed by atoms with E-state index in [1.165, 1.54) is 29.0 Å². The third kappa shape index (κ3) is 3.53. The second-order valence-electron chi connectivity index (χ2n) is 10.4. The Morgan fingerprint density at radius 2 is 1.85 bits per heavy atom. The number of nitrogens with zero attached hydrogens (tertiary/aromatic N) is 1. The number of fused-ring (bicyclic) bond motifs is 3. The average Bonchev–Trinajstić information content (AvgIpc) is 3.41. The van der Waals surface area contributed by atoms with Crippen molar-refractivity contribution in [2.45, 2.75) is 37.7 Å². The van der Waals surface area contributed by atoms with Crippen LogP contribution in [-0.4, -0.2) is 33.0 Å². The summed E-state index contributed by atoms with van der Waals surface area (Å²) in [5.74, 6) is -0.231. The van der Waals surface area contributed by atoms with E-state index in [0.717, 1.165) is 29.3 Å². The molecule has 1 aliphatic carbocycles. The zero-order chi connectivity index (χ0) is 26.8. The van der Waals surface area contributed by atoms with E-state index in [1.807, 2.05) is 12.3 Å². The Labute approximate surface area is 224 Å². The van der Waals surface area contributed by atoms with Crippen LogP contribution in [0, 0.1) is 0 Å². The molecule has 0 fully saturated rings. The highest BCUT2D eigenvalue weighted by Crippen LogP contribution is 2.53. The molecule has 0 bridgehead atoms. The normalized spacial score (nSPS) is 18.2. The summed E-state index contributed by atoms with van der Waals surface area (Å²) < 4.78 is 11.8. The molecule has 7 rings (SSSR count). The van der Waals surface area contributed by atoms with Crippen molar-refractivity contribution in [3.63, 3.8) is 0 Å². The van der Waals surface area contributed by atoms with Gasteiger partial charge in [-0.3, -0.25) is 4.79 Å². The fraction of sp³-hybridized carbons (Fsp3) is 0.219. The molecule has 0 saturated carbocycles. The smallest absolute Gasteiger partial charge is 0.335 e. The second-order valence-corrected chi connectivity index (χ2v) is 10.4. The van der Waals surface area contributed by atoms with Crippen molar-refractivity contribution in [3.8, 4) is 28.7 Å². The SMILES string of the molecule is COc1c(O)c(CC2CCc3cc4[n-]ccc4c4cccc2c34)c2c(c1O)C(=[OH+])CC(c1ccc(O)cc1)O2. The molecule has 7 heteroatoms. The van der Waals surface area contributed by atoms with Crippen LogP contribution in [-0.2, 0) is 12.8 Å². The highest BCUT2D eigenvalue weighted by Gasteiger charge is 2.40. The van der Waals surface area contributed by atoms with Gasteiger partial charge in [-0.15, -0.1) is 5.52 Å². The highest BCUT2D eigenvalue weighted by molar-refractivity contribution is 6.09. The molecule has 39 heavy (non-hydrogen) atoms. The summed E-state index contributed by atoms with van der Waals surface area (Å²) in [5.41, 5.74) is 4.85. The van der Waals surface area contributed by atoms with Crippen LogP contribution in [0.15, 0.2) is 60.8 Å². The summed E-state index contributed by atoms with van der Waals surface area (Å²) in [7, 11) is 1.38. The Morgan fingerprint density at radius 3 is 2.64 bits per heavy atom. The number of aryl methyl sites for hydroxylation is 1. The number of aromatic nitrogens is 1. The van der Waals surface area contributed by atoms with Crippen LogP contribution >= 0.6 is 0 Å². The quantitative estimate of drug-likeness (QED) is 0.259. The van der Waals surface area contributed by atoms with Crippen molar-refractivity contribution in [2.24, 2.45) is 0 Å². The Hall–Kier alpha value is -4.65. The van der Waals surface area contributed by atoms with E-state index >= 15 is 0 Å². The molecule has 0 amide bonds. The first-order valence-electron chi connectivity index (χ1n) is 13.1. The minimum Gasteiger partial charge on any atom is -0.664 e. The van der Waals surface area contributed by atoms with Gasteiger partial charge in [-0.25, -0.2) is 0 Å². The fourth-order valence-corrected chi connectivity index (χ4v) is 6.41. The molecule has 2 unspecified atom stereocenters. The lowest BCUT2D eigenvalue weighted by atomic mass is 9.77. The molecule has 4 aromatic carbocycles. The van der Waals surface area contributed by atoms with Gasteiger partial charge in [0, 0.05) is 5.56 Å². The maximum Gasteiger partial charge on any atom is 0.335 e. The standard InChI is InChI=1S/C32H26NO6/c1-38-32-29(36)23(31-28(30(32)37)25(35)15-26(39-31)16-7-9-19(34)10-8-16)13-17-5-6-18-14-24-21(11-12-33-24)22-4-2-3-20(17)27(18)22/h2-4,7-12,14,17,26,34H,5-6,13,15H2,1H3,(H2,35,36,37)/q-1/p+1. The number of phenolic OH excluding ortho intramolecular Hbond substituents is 3. The third-order valence-corrected chi connectivity index (χ3v) is 8.25. The lowest BCUT2D eigenvalue weighted by Gasteiger charge is -2.30. The van der Waals surface area contributed by atoms with Crippen LogP contribution in [0.3, 0.4) is 0 Å². The molecule has 196 valence electrons. The molecule has 4 N–H and O–H groups in total. The molecule has 2 aliphatic rings. The minimum absolute atomic E-state index is 0.0476. The molecular weight excluding hydrogens is 494 g/mol. The summed E-state index contributed by atoms with van der Waals surface area (Å²) in [4.78, 5) is 15.6. The van der Waals surface area contributed by atoms with E-state index in [0.29, 0.717) is 12.0 Å². The lowest BCUT2D eigenvalue weighted by molar-refractivity contribution is 0.196. The van der Waals surface area contributed by atoms with Gasteiger partial charge in [0.1, 0.15) is 24.0 Å². The summed E-state index contributed by atoms with van der Waals surface area (Å²) in [6.45, 7) is 0.